The maximum atomic E-state index is 12.1. The molecule has 3 rings (SSSR count). The average Bonchev–Trinajstić information content (AvgIpc) is 3.04. The topological polar surface area (TPSA) is 76.1 Å². The van der Waals surface area contributed by atoms with Gasteiger partial charge in [0.15, 0.2) is 0 Å². The first-order valence-electron chi connectivity index (χ1n) is 9.13. The van der Waals surface area contributed by atoms with Crippen molar-refractivity contribution in [3.8, 4) is 0 Å². The number of unbranched alkanes of at least 4 members (excludes halogenated alkanes) is 1. The Hall–Kier alpha value is -1.73. The van der Waals surface area contributed by atoms with Crippen LogP contribution in [0.15, 0.2) is 24.3 Å². The Morgan fingerprint density at radius 3 is 2.85 bits per heavy atom. The molecule has 26 heavy (non-hydrogen) atoms. The molecule has 1 aromatic rings. The second kappa shape index (κ2) is 8.77. The smallest absolute Gasteiger partial charge is 0.415 e. The molecule has 2 fully saturated rings. The molecule has 3 atom stereocenters. The molecule has 7 heteroatoms. The summed E-state index contributed by atoms with van der Waals surface area (Å²) >= 11 is 1.59. The second-order valence-corrected chi connectivity index (χ2v) is 7.93. The fourth-order valence-corrected chi connectivity index (χ4v) is 4.27. The van der Waals surface area contributed by atoms with Crippen molar-refractivity contribution in [3.05, 3.63) is 29.8 Å². The number of benzene rings is 1. The van der Waals surface area contributed by atoms with Crippen molar-refractivity contribution in [2.45, 2.75) is 50.1 Å². The number of anilines is 1. The number of carbonyl (C=O) groups is 2. The lowest BCUT2D eigenvalue weighted by molar-refractivity contribution is -0.151. The van der Waals surface area contributed by atoms with Gasteiger partial charge in [0, 0.05) is 5.69 Å². The number of amides is 1. The SMILES string of the molecule is CCCCOC(=O)[C@H]1CN(c2ccc([C@H]3CCS[C@@H](O)C3)cc2)C(=O)O1. The van der Waals surface area contributed by atoms with Crippen molar-refractivity contribution in [3.63, 3.8) is 0 Å². The summed E-state index contributed by atoms with van der Waals surface area (Å²) in [5, 5.41) is 9.81. The molecule has 0 aliphatic carbocycles. The third-order valence-corrected chi connectivity index (χ3v) is 5.80. The Labute approximate surface area is 157 Å². The zero-order valence-electron chi connectivity index (χ0n) is 14.9. The third kappa shape index (κ3) is 4.51. The van der Waals surface area contributed by atoms with Crippen LogP contribution in [-0.4, -0.2) is 47.6 Å². The minimum atomic E-state index is -0.871. The van der Waals surface area contributed by atoms with Crippen LogP contribution in [-0.2, 0) is 14.3 Å². The quantitative estimate of drug-likeness (QED) is 0.604. The number of ether oxygens (including phenoxy) is 2. The normalized spacial score (nSPS) is 25.8. The maximum Gasteiger partial charge on any atom is 0.415 e. The van der Waals surface area contributed by atoms with Gasteiger partial charge in [0.1, 0.15) is 0 Å². The van der Waals surface area contributed by atoms with Crippen molar-refractivity contribution < 1.29 is 24.2 Å². The van der Waals surface area contributed by atoms with Gasteiger partial charge in [-0.3, -0.25) is 4.90 Å². The molecule has 0 spiro atoms. The van der Waals surface area contributed by atoms with Crippen molar-refractivity contribution in [1.82, 2.24) is 0 Å². The molecule has 6 nitrogen and oxygen atoms in total. The summed E-state index contributed by atoms with van der Waals surface area (Å²) in [5.74, 6) is 0.806. The standard InChI is InChI=1S/C19H25NO5S/c1-2-3-9-24-18(22)16-12-20(19(23)25-16)15-6-4-13(5-7-15)14-8-10-26-17(21)11-14/h4-7,14,16-17,21H,2-3,8-12H2,1H3/t14-,16+,17+/m0/s1. The molecule has 0 aromatic heterocycles. The Balaban J connectivity index is 1.60. The highest BCUT2D eigenvalue weighted by Gasteiger charge is 2.38. The molecular weight excluding hydrogens is 354 g/mol. The van der Waals surface area contributed by atoms with Gasteiger partial charge < -0.3 is 14.6 Å². The number of hydrogen-bond acceptors (Lipinski definition) is 6. The van der Waals surface area contributed by atoms with E-state index in [-0.39, 0.29) is 12.0 Å². The number of esters is 1. The Kier molecular flexibility index (Phi) is 6.43. The summed E-state index contributed by atoms with van der Waals surface area (Å²) < 4.78 is 10.3. The van der Waals surface area contributed by atoms with Crippen LogP contribution in [0.5, 0.6) is 0 Å². The van der Waals surface area contributed by atoms with Crippen molar-refractivity contribution in [2.75, 3.05) is 23.8 Å². The summed E-state index contributed by atoms with van der Waals surface area (Å²) in [4.78, 5) is 25.6. The summed E-state index contributed by atoms with van der Waals surface area (Å²) in [6.07, 6.45) is 2.13. The lowest BCUT2D eigenvalue weighted by Gasteiger charge is -2.26. The first-order valence-corrected chi connectivity index (χ1v) is 10.2. The Bertz CT molecular complexity index is 635. The minimum Gasteiger partial charge on any atom is -0.463 e. The van der Waals surface area contributed by atoms with Crippen LogP contribution >= 0.6 is 11.8 Å². The summed E-state index contributed by atoms with van der Waals surface area (Å²) in [6.45, 7) is 2.53. The first kappa shape index (κ1) is 19.0. The summed E-state index contributed by atoms with van der Waals surface area (Å²) in [6, 6.07) is 7.72. The highest BCUT2D eigenvalue weighted by atomic mass is 32.2. The third-order valence-electron chi connectivity index (χ3n) is 4.76. The van der Waals surface area contributed by atoms with E-state index >= 15 is 0 Å². The highest BCUT2D eigenvalue weighted by Crippen LogP contribution is 2.36. The number of cyclic esters (lactones) is 1. The van der Waals surface area contributed by atoms with E-state index in [1.165, 1.54) is 4.90 Å². The number of carbonyl (C=O) groups excluding carboxylic acids is 2. The fraction of sp³-hybridized carbons (Fsp3) is 0.579. The molecule has 1 N–H and O–H groups in total. The highest BCUT2D eigenvalue weighted by molar-refractivity contribution is 7.99. The number of nitrogens with zero attached hydrogens (tertiary/aromatic N) is 1. The maximum absolute atomic E-state index is 12.1. The molecule has 2 saturated heterocycles. The molecule has 2 heterocycles. The minimum absolute atomic E-state index is 0.169. The first-order chi connectivity index (χ1) is 12.6. The molecule has 1 amide bonds. The van der Waals surface area contributed by atoms with Crippen LogP contribution in [0.25, 0.3) is 0 Å². The number of thioether (sulfide) groups is 1. The lowest BCUT2D eigenvalue weighted by Crippen LogP contribution is -2.29. The van der Waals surface area contributed by atoms with E-state index in [0.717, 1.165) is 37.0 Å². The zero-order chi connectivity index (χ0) is 18.5. The second-order valence-electron chi connectivity index (χ2n) is 6.64. The number of aliphatic hydroxyl groups excluding tert-OH is 1. The van der Waals surface area contributed by atoms with Gasteiger partial charge in [-0.25, -0.2) is 9.59 Å². The van der Waals surface area contributed by atoms with E-state index < -0.39 is 18.2 Å². The van der Waals surface area contributed by atoms with Gasteiger partial charge in [-0.2, -0.15) is 0 Å². The van der Waals surface area contributed by atoms with Gasteiger partial charge in [0.05, 0.1) is 18.6 Å². The van der Waals surface area contributed by atoms with E-state index in [0.29, 0.717) is 18.2 Å². The summed E-state index contributed by atoms with van der Waals surface area (Å²) in [5.41, 5.74) is 1.56. The van der Waals surface area contributed by atoms with Crippen LogP contribution in [0.3, 0.4) is 0 Å². The molecular formula is C19H25NO5S. The Morgan fingerprint density at radius 1 is 1.38 bits per heavy atom. The molecule has 2 aliphatic rings. The van der Waals surface area contributed by atoms with Gasteiger partial charge in [0.25, 0.3) is 0 Å². The monoisotopic (exact) mass is 379 g/mol. The van der Waals surface area contributed by atoms with E-state index in [4.69, 9.17) is 9.47 Å². The fourth-order valence-electron chi connectivity index (χ4n) is 3.21. The van der Waals surface area contributed by atoms with Crippen LogP contribution in [0.1, 0.15) is 44.1 Å². The molecule has 0 unspecified atom stereocenters. The van der Waals surface area contributed by atoms with Gasteiger partial charge in [-0.15, -0.1) is 11.8 Å². The van der Waals surface area contributed by atoms with Crippen LogP contribution in [0.2, 0.25) is 0 Å². The zero-order valence-corrected chi connectivity index (χ0v) is 15.7. The summed E-state index contributed by atoms with van der Waals surface area (Å²) in [7, 11) is 0. The van der Waals surface area contributed by atoms with E-state index in [2.05, 4.69) is 0 Å². The van der Waals surface area contributed by atoms with Gasteiger partial charge >= 0.3 is 12.1 Å². The van der Waals surface area contributed by atoms with E-state index in [1.807, 2.05) is 31.2 Å². The van der Waals surface area contributed by atoms with Crippen LogP contribution in [0, 0.1) is 0 Å². The van der Waals surface area contributed by atoms with Gasteiger partial charge in [-0.05, 0) is 48.6 Å². The number of rotatable bonds is 6. The van der Waals surface area contributed by atoms with E-state index in [9.17, 15) is 14.7 Å². The Morgan fingerprint density at radius 2 is 2.15 bits per heavy atom. The lowest BCUT2D eigenvalue weighted by atomic mass is 9.93. The van der Waals surface area contributed by atoms with Crippen molar-refractivity contribution >= 4 is 29.5 Å². The van der Waals surface area contributed by atoms with Crippen LogP contribution < -0.4 is 4.90 Å². The van der Waals surface area contributed by atoms with Crippen molar-refractivity contribution in [1.29, 1.82) is 0 Å². The average molecular weight is 379 g/mol. The van der Waals surface area contributed by atoms with Crippen LogP contribution in [0.4, 0.5) is 10.5 Å². The predicted octanol–water partition coefficient (Wildman–Crippen LogP) is 3.28. The number of aliphatic hydroxyl groups is 1. The molecule has 2 aliphatic heterocycles. The largest absolute Gasteiger partial charge is 0.463 e. The predicted molar refractivity (Wildman–Crippen MR) is 100 cm³/mol. The molecule has 0 bridgehead atoms. The van der Waals surface area contributed by atoms with Gasteiger partial charge in [-0.1, -0.05) is 25.5 Å². The van der Waals surface area contributed by atoms with E-state index in [1.54, 1.807) is 11.8 Å². The molecule has 0 saturated carbocycles. The molecule has 1 aromatic carbocycles. The van der Waals surface area contributed by atoms with Crippen molar-refractivity contribution in [2.24, 2.45) is 0 Å². The molecule has 142 valence electrons. The number of hydrogen-bond donors (Lipinski definition) is 1. The molecule has 0 radical (unpaired) electrons. The van der Waals surface area contributed by atoms with Gasteiger partial charge in [0.2, 0.25) is 6.10 Å².